The Hall–Kier alpha value is -1.39. The summed E-state index contributed by atoms with van der Waals surface area (Å²) >= 11 is 0. The molecule has 0 bridgehead atoms. The third-order valence-electron chi connectivity index (χ3n) is 3.73. The highest BCUT2D eigenvalue weighted by molar-refractivity contribution is 5.94. The molecule has 1 aliphatic heterocycles. The largest absolute Gasteiger partial charge is 0.384 e. The molecule has 1 aromatic rings. The summed E-state index contributed by atoms with van der Waals surface area (Å²) < 4.78 is 0. The molecular formula is C15H24N4. The number of benzene rings is 1. The van der Waals surface area contributed by atoms with Crippen molar-refractivity contribution in [3.8, 4) is 0 Å². The molecule has 3 N–H and O–H groups in total. The van der Waals surface area contributed by atoms with Crippen molar-refractivity contribution in [1.82, 2.24) is 9.80 Å². The van der Waals surface area contributed by atoms with E-state index in [0.717, 1.165) is 18.7 Å². The number of nitrogens with zero attached hydrogens (tertiary/aromatic N) is 2. The summed E-state index contributed by atoms with van der Waals surface area (Å²) in [5.74, 6) is 0.137. The van der Waals surface area contributed by atoms with Gasteiger partial charge in [-0.25, -0.2) is 0 Å². The Morgan fingerprint density at radius 1 is 1.37 bits per heavy atom. The van der Waals surface area contributed by atoms with Crippen molar-refractivity contribution >= 4 is 5.84 Å². The smallest absolute Gasteiger partial charge is 0.122 e. The van der Waals surface area contributed by atoms with Crippen molar-refractivity contribution in [3.05, 3.63) is 35.4 Å². The third-order valence-corrected chi connectivity index (χ3v) is 3.73. The van der Waals surface area contributed by atoms with Crippen LogP contribution in [0.15, 0.2) is 24.3 Å². The minimum absolute atomic E-state index is 0.137. The van der Waals surface area contributed by atoms with E-state index in [1.807, 2.05) is 12.1 Å². The van der Waals surface area contributed by atoms with E-state index < -0.39 is 0 Å². The molecule has 0 radical (unpaired) electrons. The molecule has 1 heterocycles. The molecule has 2 rings (SSSR count). The van der Waals surface area contributed by atoms with Gasteiger partial charge in [-0.05, 0) is 39.0 Å². The molecule has 19 heavy (non-hydrogen) atoms. The SMILES string of the molecule is CN(C)CC1CCCN1Cc1ccc(C(=N)N)cc1. The first-order valence-electron chi connectivity index (χ1n) is 6.88. The summed E-state index contributed by atoms with van der Waals surface area (Å²) in [5, 5.41) is 7.40. The molecule has 1 unspecified atom stereocenters. The van der Waals surface area contributed by atoms with Crippen molar-refractivity contribution in [2.45, 2.75) is 25.4 Å². The summed E-state index contributed by atoms with van der Waals surface area (Å²) in [6, 6.07) is 8.72. The second-order valence-electron chi connectivity index (χ2n) is 5.64. The summed E-state index contributed by atoms with van der Waals surface area (Å²) in [6.45, 7) is 3.31. The second-order valence-corrected chi connectivity index (χ2v) is 5.64. The molecule has 4 nitrogen and oxygen atoms in total. The number of rotatable bonds is 5. The minimum Gasteiger partial charge on any atom is -0.384 e. The zero-order chi connectivity index (χ0) is 13.8. The van der Waals surface area contributed by atoms with Crippen LogP contribution in [0.5, 0.6) is 0 Å². The monoisotopic (exact) mass is 260 g/mol. The number of hydrogen-bond acceptors (Lipinski definition) is 3. The van der Waals surface area contributed by atoms with Gasteiger partial charge in [0, 0.05) is 24.7 Å². The maximum Gasteiger partial charge on any atom is 0.122 e. The topological polar surface area (TPSA) is 56.4 Å². The van der Waals surface area contributed by atoms with Gasteiger partial charge in [0.2, 0.25) is 0 Å². The van der Waals surface area contributed by atoms with Crippen LogP contribution in [0, 0.1) is 5.41 Å². The van der Waals surface area contributed by atoms with Crippen LogP contribution in [-0.4, -0.2) is 48.9 Å². The van der Waals surface area contributed by atoms with Crippen LogP contribution in [0.25, 0.3) is 0 Å². The van der Waals surface area contributed by atoms with E-state index in [1.54, 1.807) is 0 Å². The highest BCUT2D eigenvalue weighted by Gasteiger charge is 2.24. The molecule has 104 valence electrons. The summed E-state index contributed by atoms with van der Waals surface area (Å²) in [6.07, 6.45) is 2.59. The first kappa shape index (κ1) is 14.0. The van der Waals surface area contributed by atoms with Gasteiger partial charge in [-0.2, -0.15) is 0 Å². The number of likely N-dealkylation sites (tertiary alicyclic amines) is 1. The second kappa shape index (κ2) is 6.17. The number of amidine groups is 1. The Labute approximate surface area is 115 Å². The predicted molar refractivity (Wildman–Crippen MR) is 79.4 cm³/mol. The molecule has 1 aromatic carbocycles. The van der Waals surface area contributed by atoms with Crippen molar-refractivity contribution in [1.29, 1.82) is 5.41 Å². The van der Waals surface area contributed by atoms with Gasteiger partial charge in [0.15, 0.2) is 0 Å². The molecule has 4 heteroatoms. The number of nitrogens with two attached hydrogens (primary N) is 1. The Bertz CT molecular complexity index is 424. The summed E-state index contributed by atoms with van der Waals surface area (Å²) in [4.78, 5) is 4.82. The summed E-state index contributed by atoms with van der Waals surface area (Å²) in [5.41, 5.74) is 7.57. The fourth-order valence-corrected chi connectivity index (χ4v) is 2.76. The normalized spacial score (nSPS) is 20.1. The Balaban J connectivity index is 1.98. The minimum atomic E-state index is 0.137. The zero-order valence-electron chi connectivity index (χ0n) is 11.9. The van der Waals surface area contributed by atoms with Crippen LogP contribution in [0.1, 0.15) is 24.0 Å². The van der Waals surface area contributed by atoms with Gasteiger partial charge in [0.1, 0.15) is 5.84 Å². The highest BCUT2D eigenvalue weighted by Crippen LogP contribution is 2.20. The van der Waals surface area contributed by atoms with Gasteiger partial charge in [-0.1, -0.05) is 24.3 Å². The van der Waals surface area contributed by atoms with Crippen molar-refractivity contribution < 1.29 is 0 Å². The maximum absolute atomic E-state index is 7.40. The van der Waals surface area contributed by atoms with Crippen molar-refractivity contribution in [2.24, 2.45) is 5.73 Å². The van der Waals surface area contributed by atoms with Gasteiger partial charge >= 0.3 is 0 Å². The molecule has 1 saturated heterocycles. The van der Waals surface area contributed by atoms with Gasteiger partial charge < -0.3 is 10.6 Å². The van der Waals surface area contributed by atoms with E-state index in [4.69, 9.17) is 11.1 Å². The Morgan fingerprint density at radius 2 is 2.05 bits per heavy atom. The van der Waals surface area contributed by atoms with Crippen LogP contribution < -0.4 is 5.73 Å². The molecule has 0 saturated carbocycles. The molecular weight excluding hydrogens is 236 g/mol. The zero-order valence-corrected chi connectivity index (χ0v) is 11.9. The standard InChI is InChI=1S/C15H24N4/c1-18(2)11-14-4-3-9-19(14)10-12-5-7-13(8-6-12)15(16)17/h5-8,14H,3-4,9-11H2,1-2H3,(H3,16,17). The maximum atomic E-state index is 7.40. The van der Waals surface area contributed by atoms with Crippen LogP contribution in [-0.2, 0) is 6.54 Å². The highest BCUT2D eigenvalue weighted by atomic mass is 15.2. The van der Waals surface area contributed by atoms with E-state index >= 15 is 0 Å². The average Bonchev–Trinajstić information content (AvgIpc) is 2.76. The van der Waals surface area contributed by atoms with Crippen LogP contribution >= 0.6 is 0 Å². The van der Waals surface area contributed by atoms with Crippen LogP contribution in [0.2, 0.25) is 0 Å². The predicted octanol–water partition coefficient (Wildman–Crippen LogP) is 1.50. The third kappa shape index (κ3) is 3.78. The lowest BCUT2D eigenvalue weighted by atomic mass is 10.1. The molecule has 1 aliphatic rings. The lowest BCUT2D eigenvalue weighted by Gasteiger charge is -2.27. The van der Waals surface area contributed by atoms with E-state index in [0.29, 0.717) is 6.04 Å². The lowest BCUT2D eigenvalue weighted by molar-refractivity contribution is 0.201. The summed E-state index contributed by atoms with van der Waals surface area (Å²) in [7, 11) is 4.27. The van der Waals surface area contributed by atoms with Gasteiger partial charge in [0.25, 0.3) is 0 Å². The number of nitrogen functional groups attached to an aromatic ring is 1. The molecule has 0 aliphatic carbocycles. The molecule has 1 atom stereocenters. The lowest BCUT2D eigenvalue weighted by Crippen LogP contribution is -2.37. The molecule has 0 aromatic heterocycles. The van der Waals surface area contributed by atoms with Crippen LogP contribution in [0.3, 0.4) is 0 Å². The van der Waals surface area contributed by atoms with Crippen LogP contribution in [0.4, 0.5) is 0 Å². The van der Waals surface area contributed by atoms with Gasteiger partial charge in [0.05, 0.1) is 0 Å². The number of hydrogen-bond donors (Lipinski definition) is 2. The quantitative estimate of drug-likeness (QED) is 0.623. The first-order chi connectivity index (χ1) is 9.06. The molecule has 0 spiro atoms. The number of nitrogens with one attached hydrogen (secondary N) is 1. The van der Waals surface area contributed by atoms with E-state index in [9.17, 15) is 0 Å². The van der Waals surface area contributed by atoms with Gasteiger partial charge in [-0.15, -0.1) is 0 Å². The van der Waals surface area contributed by atoms with E-state index in [2.05, 4.69) is 36.0 Å². The van der Waals surface area contributed by atoms with E-state index in [-0.39, 0.29) is 5.84 Å². The Kier molecular flexibility index (Phi) is 4.56. The van der Waals surface area contributed by atoms with Crippen molar-refractivity contribution in [2.75, 3.05) is 27.2 Å². The van der Waals surface area contributed by atoms with E-state index in [1.165, 1.54) is 24.9 Å². The average molecular weight is 260 g/mol. The van der Waals surface area contributed by atoms with Crippen molar-refractivity contribution in [3.63, 3.8) is 0 Å². The number of likely N-dealkylation sites (N-methyl/N-ethyl adjacent to an activating group) is 1. The fourth-order valence-electron chi connectivity index (χ4n) is 2.76. The molecule has 1 fully saturated rings. The fraction of sp³-hybridized carbons (Fsp3) is 0.533. The molecule has 0 amide bonds. The Morgan fingerprint density at radius 3 is 2.63 bits per heavy atom. The van der Waals surface area contributed by atoms with Gasteiger partial charge in [-0.3, -0.25) is 10.3 Å². The first-order valence-corrected chi connectivity index (χ1v) is 6.88.